The van der Waals surface area contributed by atoms with Crippen LogP contribution in [-0.4, -0.2) is 42.1 Å². The predicted molar refractivity (Wildman–Crippen MR) is 71.5 cm³/mol. The molecule has 21 heavy (non-hydrogen) atoms. The number of benzene rings is 1. The Labute approximate surface area is 118 Å². The zero-order chi connectivity index (χ0) is 15.6. The summed E-state index contributed by atoms with van der Waals surface area (Å²) < 4.78 is 51.7. The second-order valence-electron chi connectivity index (χ2n) is 4.79. The average molecular weight is 302 g/mol. The lowest BCUT2D eigenvalue weighted by molar-refractivity contribution is -0.144. The molecule has 1 N–H and O–H groups in total. The molecule has 0 spiro atoms. The molecule has 0 unspecified atom stereocenters. The fraction of sp³-hybridized carbons (Fsp3) is 0.385. The first kappa shape index (κ1) is 15.4. The third-order valence-corrected chi connectivity index (χ3v) is 2.76. The van der Waals surface area contributed by atoms with Gasteiger partial charge in [0, 0.05) is 18.5 Å². The molecule has 1 aromatic carbocycles. The Hall–Kier alpha value is -1.96. The number of anilines is 1. The number of hydrogen-bond acceptors (Lipinski definition) is 4. The monoisotopic (exact) mass is 302 g/mol. The smallest absolute Gasteiger partial charge is 0.368 e. The van der Waals surface area contributed by atoms with Gasteiger partial charge in [0.2, 0.25) is 5.82 Å². The maximum absolute atomic E-state index is 13.3. The minimum Gasteiger partial charge on any atom is -0.368 e. The summed E-state index contributed by atoms with van der Waals surface area (Å²) in [7, 11) is 3.67. The molecule has 0 saturated heterocycles. The maximum atomic E-state index is 13.3. The fourth-order valence-electron chi connectivity index (χ4n) is 1.76. The van der Waals surface area contributed by atoms with E-state index in [2.05, 4.69) is 15.3 Å². The lowest BCUT2D eigenvalue weighted by Gasteiger charge is -2.14. The second-order valence-corrected chi connectivity index (χ2v) is 4.79. The topological polar surface area (TPSA) is 41.0 Å². The number of hydrogen-bond donors (Lipinski definition) is 1. The van der Waals surface area contributed by atoms with Crippen LogP contribution in [0.5, 0.6) is 0 Å². The molecular formula is C13H14F4N4. The summed E-state index contributed by atoms with van der Waals surface area (Å²) in [5.74, 6) is -1.82. The summed E-state index contributed by atoms with van der Waals surface area (Å²) in [5.41, 5.74) is 0.0473. The van der Waals surface area contributed by atoms with Gasteiger partial charge in [-0.25, -0.2) is 14.4 Å². The summed E-state index contributed by atoms with van der Waals surface area (Å²) in [6, 6.07) is 3.39. The minimum atomic E-state index is -4.65. The lowest BCUT2D eigenvalue weighted by Crippen LogP contribution is -2.22. The van der Waals surface area contributed by atoms with E-state index in [1.54, 1.807) is 0 Å². The molecule has 0 radical (unpaired) electrons. The molecule has 0 bridgehead atoms. The molecule has 2 aromatic rings. The van der Waals surface area contributed by atoms with Crippen LogP contribution in [0.15, 0.2) is 18.2 Å². The Morgan fingerprint density at radius 2 is 1.90 bits per heavy atom. The molecule has 0 atom stereocenters. The third-order valence-electron chi connectivity index (χ3n) is 2.76. The van der Waals surface area contributed by atoms with Gasteiger partial charge in [0.15, 0.2) is 0 Å². The number of aromatic nitrogens is 2. The van der Waals surface area contributed by atoms with Gasteiger partial charge in [-0.15, -0.1) is 0 Å². The standard InChI is InChI=1S/C13H14F4N4/c1-21(2)6-5-18-11-9-7-8(14)3-4-10(9)19-12(20-11)13(15,16)17/h3-4,7H,5-6H2,1-2H3,(H,18,19,20). The number of alkyl halides is 3. The molecule has 8 heteroatoms. The van der Waals surface area contributed by atoms with Gasteiger partial charge in [-0.2, -0.15) is 13.2 Å². The van der Waals surface area contributed by atoms with Gasteiger partial charge < -0.3 is 10.2 Å². The zero-order valence-electron chi connectivity index (χ0n) is 11.5. The van der Waals surface area contributed by atoms with E-state index in [1.807, 2.05) is 19.0 Å². The molecule has 0 fully saturated rings. The Bertz CT molecular complexity index is 640. The summed E-state index contributed by atoms with van der Waals surface area (Å²) in [6.45, 7) is 0.981. The van der Waals surface area contributed by atoms with Crippen molar-refractivity contribution in [3.63, 3.8) is 0 Å². The van der Waals surface area contributed by atoms with E-state index >= 15 is 0 Å². The normalized spacial score (nSPS) is 12.1. The highest BCUT2D eigenvalue weighted by atomic mass is 19.4. The van der Waals surface area contributed by atoms with E-state index in [0.29, 0.717) is 13.1 Å². The van der Waals surface area contributed by atoms with Crippen LogP contribution in [0.2, 0.25) is 0 Å². The van der Waals surface area contributed by atoms with Crippen LogP contribution in [0.1, 0.15) is 5.82 Å². The summed E-state index contributed by atoms with van der Waals surface area (Å²) >= 11 is 0. The first-order valence-electron chi connectivity index (χ1n) is 6.20. The number of likely N-dealkylation sites (N-methyl/N-ethyl adjacent to an activating group) is 1. The van der Waals surface area contributed by atoms with E-state index in [1.165, 1.54) is 6.07 Å². The van der Waals surface area contributed by atoms with Crippen LogP contribution in [0.25, 0.3) is 10.9 Å². The minimum absolute atomic E-state index is 0.0197. The Morgan fingerprint density at radius 1 is 1.19 bits per heavy atom. The SMILES string of the molecule is CN(C)CCNc1nc(C(F)(F)F)nc2ccc(F)cc12. The number of rotatable bonds is 4. The largest absolute Gasteiger partial charge is 0.451 e. The molecule has 1 heterocycles. The molecule has 2 rings (SSSR count). The predicted octanol–water partition coefficient (Wildman–Crippen LogP) is 2.76. The maximum Gasteiger partial charge on any atom is 0.451 e. The van der Waals surface area contributed by atoms with Gasteiger partial charge in [0.1, 0.15) is 11.6 Å². The van der Waals surface area contributed by atoms with E-state index < -0.39 is 17.8 Å². The zero-order valence-corrected chi connectivity index (χ0v) is 11.5. The van der Waals surface area contributed by atoms with Crippen LogP contribution in [-0.2, 0) is 6.18 Å². The molecular weight excluding hydrogens is 288 g/mol. The number of fused-ring (bicyclic) bond motifs is 1. The number of nitrogens with zero attached hydrogens (tertiary/aromatic N) is 3. The first-order valence-corrected chi connectivity index (χ1v) is 6.20. The molecule has 0 saturated carbocycles. The molecule has 0 aliphatic heterocycles. The van der Waals surface area contributed by atoms with Crippen molar-refractivity contribution in [2.75, 3.05) is 32.5 Å². The Morgan fingerprint density at radius 3 is 2.52 bits per heavy atom. The van der Waals surface area contributed by atoms with Crippen molar-refractivity contribution in [3.05, 3.63) is 29.8 Å². The average Bonchev–Trinajstić information content (AvgIpc) is 2.37. The molecule has 0 aliphatic carbocycles. The van der Waals surface area contributed by atoms with Gasteiger partial charge >= 0.3 is 6.18 Å². The van der Waals surface area contributed by atoms with E-state index in [-0.39, 0.29) is 16.7 Å². The summed E-state index contributed by atoms with van der Waals surface area (Å²) in [6.07, 6.45) is -4.65. The lowest BCUT2D eigenvalue weighted by atomic mass is 10.2. The second kappa shape index (κ2) is 5.80. The van der Waals surface area contributed by atoms with Gasteiger partial charge in [0.05, 0.1) is 5.52 Å². The van der Waals surface area contributed by atoms with Crippen LogP contribution < -0.4 is 5.32 Å². The van der Waals surface area contributed by atoms with E-state index in [4.69, 9.17) is 0 Å². The van der Waals surface area contributed by atoms with Crippen molar-refractivity contribution in [2.24, 2.45) is 0 Å². The van der Waals surface area contributed by atoms with Crippen molar-refractivity contribution in [2.45, 2.75) is 6.18 Å². The fourth-order valence-corrected chi connectivity index (χ4v) is 1.76. The molecule has 1 aromatic heterocycles. The van der Waals surface area contributed by atoms with Crippen molar-refractivity contribution in [1.29, 1.82) is 0 Å². The highest BCUT2D eigenvalue weighted by Gasteiger charge is 2.35. The van der Waals surface area contributed by atoms with Crippen LogP contribution in [0.4, 0.5) is 23.4 Å². The molecule has 4 nitrogen and oxygen atoms in total. The Balaban J connectivity index is 2.45. The highest BCUT2D eigenvalue weighted by Crippen LogP contribution is 2.30. The van der Waals surface area contributed by atoms with Crippen LogP contribution >= 0.6 is 0 Å². The number of halogens is 4. The van der Waals surface area contributed by atoms with E-state index in [9.17, 15) is 17.6 Å². The Kier molecular flexibility index (Phi) is 4.26. The van der Waals surface area contributed by atoms with Crippen LogP contribution in [0.3, 0.4) is 0 Å². The van der Waals surface area contributed by atoms with Gasteiger partial charge in [0.25, 0.3) is 0 Å². The van der Waals surface area contributed by atoms with Crippen molar-refractivity contribution in [3.8, 4) is 0 Å². The summed E-state index contributed by atoms with van der Waals surface area (Å²) in [4.78, 5) is 8.78. The first-order chi connectivity index (χ1) is 9.77. The quantitative estimate of drug-likeness (QED) is 0.882. The summed E-state index contributed by atoms with van der Waals surface area (Å²) in [5, 5.41) is 3.02. The van der Waals surface area contributed by atoms with E-state index in [0.717, 1.165) is 12.1 Å². The molecule has 114 valence electrons. The number of nitrogens with one attached hydrogen (secondary N) is 1. The van der Waals surface area contributed by atoms with Gasteiger partial charge in [-0.3, -0.25) is 0 Å². The van der Waals surface area contributed by atoms with Gasteiger partial charge in [-0.05, 0) is 32.3 Å². The van der Waals surface area contributed by atoms with Crippen molar-refractivity contribution in [1.82, 2.24) is 14.9 Å². The highest BCUT2D eigenvalue weighted by molar-refractivity contribution is 5.89. The third kappa shape index (κ3) is 3.78. The molecule has 0 aliphatic rings. The van der Waals surface area contributed by atoms with Crippen LogP contribution in [0, 0.1) is 5.82 Å². The van der Waals surface area contributed by atoms with Crippen molar-refractivity contribution < 1.29 is 17.6 Å². The van der Waals surface area contributed by atoms with Gasteiger partial charge in [-0.1, -0.05) is 0 Å². The van der Waals surface area contributed by atoms with Crippen molar-refractivity contribution >= 4 is 16.7 Å². The molecule has 0 amide bonds.